The molecule has 1 fully saturated rings. The molecule has 19 heavy (non-hydrogen) atoms. The third kappa shape index (κ3) is 2.63. The molecule has 0 radical (unpaired) electrons. The van der Waals surface area contributed by atoms with E-state index in [1.54, 1.807) is 0 Å². The lowest BCUT2D eigenvalue weighted by atomic mass is 9.91. The maximum Gasteiger partial charge on any atom is 0.233 e. The van der Waals surface area contributed by atoms with E-state index in [9.17, 15) is 4.79 Å². The summed E-state index contributed by atoms with van der Waals surface area (Å²) in [5.41, 5.74) is 6.57. The molecular formula is C15H23ClN2O. The van der Waals surface area contributed by atoms with Gasteiger partial charge in [-0.3, -0.25) is 4.79 Å². The monoisotopic (exact) mass is 282 g/mol. The Labute approximate surface area is 121 Å². The molecule has 0 aromatic heterocycles. The van der Waals surface area contributed by atoms with Gasteiger partial charge in [0.15, 0.2) is 0 Å². The first-order valence-corrected chi connectivity index (χ1v) is 6.75. The van der Waals surface area contributed by atoms with E-state index in [1.807, 2.05) is 36.9 Å². The number of likely N-dealkylation sites (N-methyl/N-ethyl adjacent to an activating group) is 1. The van der Waals surface area contributed by atoms with E-state index in [4.69, 9.17) is 5.73 Å². The van der Waals surface area contributed by atoms with Crippen LogP contribution in [-0.4, -0.2) is 30.4 Å². The van der Waals surface area contributed by atoms with E-state index in [0.717, 1.165) is 25.1 Å². The Kier molecular flexibility index (Phi) is 5.39. The largest absolute Gasteiger partial charge is 0.342 e. The highest BCUT2D eigenvalue weighted by Gasteiger charge is 2.61. The third-order valence-corrected chi connectivity index (χ3v) is 4.11. The van der Waals surface area contributed by atoms with Crippen LogP contribution in [0.25, 0.3) is 0 Å². The minimum atomic E-state index is -0.345. The van der Waals surface area contributed by atoms with Crippen molar-refractivity contribution in [2.45, 2.75) is 25.7 Å². The van der Waals surface area contributed by atoms with Crippen LogP contribution in [0.1, 0.15) is 25.8 Å². The number of hydrogen-bond acceptors (Lipinski definition) is 2. The summed E-state index contributed by atoms with van der Waals surface area (Å²) in [5.74, 6) is 0.544. The fraction of sp³-hybridized carbons (Fsp3) is 0.533. The molecule has 0 spiro atoms. The summed E-state index contributed by atoms with van der Waals surface area (Å²) in [5, 5.41) is 0. The molecule has 0 bridgehead atoms. The molecule has 0 saturated heterocycles. The van der Waals surface area contributed by atoms with Crippen LogP contribution in [0.2, 0.25) is 0 Å². The minimum Gasteiger partial charge on any atom is -0.342 e. The number of nitrogens with zero attached hydrogens (tertiary/aromatic N) is 1. The van der Waals surface area contributed by atoms with Gasteiger partial charge in [-0.25, -0.2) is 0 Å². The van der Waals surface area contributed by atoms with Gasteiger partial charge in [0.2, 0.25) is 5.91 Å². The number of amides is 1. The zero-order valence-electron chi connectivity index (χ0n) is 11.6. The van der Waals surface area contributed by atoms with E-state index >= 15 is 0 Å². The third-order valence-electron chi connectivity index (χ3n) is 4.11. The second kappa shape index (κ2) is 6.40. The molecule has 2 N–H and O–H groups in total. The molecule has 4 heteroatoms. The average molecular weight is 283 g/mol. The second-order valence-electron chi connectivity index (χ2n) is 4.95. The zero-order chi connectivity index (χ0) is 13.2. The van der Waals surface area contributed by atoms with Crippen LogP contribution < -0.4 is 5.73 Å². The van der Waals surface area contributed by atoms with Crippen LogP contribution in [-0.2, 0) is 10.2 Å². The molecule has 3 nitrogen and oxygen atoms in total. The molecule has 0 heterocycles. The smallest absolute Gasteiger partial charge is 0.233 e. The maximum atomic E-state index is 12.7. The molecule has 1 aliphatic carbocycles. The highest BCUT2D eigenvalue weighted by molar-refractivity contribution is 5.92. The van der Waals surface area contributed by atoms with Gasteiger partial charge < -0.3 is 10.6 Å². The van der Waals surface area contributed by atoms with E-state index in [0.29, 0.717) is 12.5 Å². The molecule has 2 atom stereocenters. The van der Waals surface area contributed by atoms with Crippen molar-refractivity contribution in [1.82, 2.24) is 4.90 Å². The van der Waals surface area contributed by atoms with Crippen molar-refractivity contribution in [2.75, 3.05) is 19.6 Å². The van der Waals surface area contributed by atoms with Gasteiger partial charge in [0, 0.05) is 13.1 Å². The summed E-state index contributed by atoms with van der Waals surface area (Å²) < 4.78 is 0. The topological polar surface area (TPSA) is 46.3 Å². The lowest BCUT2D eigenvalue weighted by Gasteiger charge is -2.26. The van der Waals surface area contributed by atoms with Crippen LogP contribution in [0.5, 0.6) is 0 Å². The Morgan fingerprint density at radius 1 is 1.32 bits per heavy atom. The van der Waals surface area contributed by atoms with E-state index in [-0.39, 0.29) is 23.7 Å². The normalized spacial score (nSPS) is 24.5. The van der Waals surface area contributed by atoms with Gasteiger partial charge in [0.1, 0.15) is 0 Å². The first kappa shape index (κ1) is 16.0. The van der Waals surface area contributed by atoms with Crippen molar-refractivity contribution in [1.29, 1.82) is 0 Å². The molecule has 106 valence electrons. The zero-order valence-corrected chi connectivity index (χ0v) is 12.5. The second-order valence-corrected chi connectivity index (χ2v) is 4.95. The van der Waals surface area contributed by atoms with E-state index < -0.39 is 0 Å². The van der Waals surface area contributed by atoms with Gasteiger partial charge >= 0.3 is 0 Å². The average Bonchev–Trinajstić information content (AvgIpc) is 3.17. The Bertz CT molecular complexity index is 419. The summed E-state index contributed by atoms with van der Waals surface area (Å²) in [7, 11) is 0. The Morgan fingerprint density at radius 3 is 2.32 bits per heavy atom. The van der Waals surface area contributed by atoms with Gasteiger partial charge in [-0.05, 0) is 38.3 Å². The first-order valence-electron chi connectivity index (χ1n) is 6.75. The molecule has 1 amide bonds. The van der Waals surface area contributed by atoms with Crippen molar-refractivity contribution in [3.63, 3.8) is 0 Å². The number of halogens is 1. The SMILES string of the molecule is CCN(CC)C(=O)[C@]1(c2ccccc2)CC1CN.Cl. The van der Waals surface area contributed by atoms with Crippen LogP contribution in [0.4, 0.5) is 0 Å². The Balaban J connectivity index is 0.00000180. The number of benzene rings is 1. The quantitative estimate of drug-likeness (QED) is 0.900. The van der Waals surface area contributed by atoms with Crippen LogP contribution in [0.15, 0.2) is 30.3 Å². The predicted octanol–water partition coefficient (Wildman–Crippen LogP) is 2.19. The van der Waals surface area contributed by atoms with E-state index in [2.05, 4.69) is 12.1 Å². The number of nitrogens with two attached hydrogens (primary N) is 1. The molecule has 1 aromatic rings. The lowest BCUT2D eigenvalue weighted by molar-refractivity contribution is -0.134. The van der Waals surface area contributed by atoms with Crippen molar-refractivity contribution in [3.05, 3.63) is 35.9 Å². The summed E-state index contributed by atoms with van der Waals surface area (Å²) in [6, 6.07) is 10.1. The molecule has 1 unspecified atom stereocenters. The Morgan fingerprint density at radius 2 is 1.89 bits per heavy atom. The fourth-order valence-electron chi connectivity index (χ4n) is 2.88. The molecule has 1 aromatic carbocycles. The molecule has 0 aliphatic heterocycles. The molecule has 1 aliphatic rings. The first-order chi connectivity index (χ1) is 8.70. The lowest BCUT2D eigenvalue weighted by Crippen LogP contribution is -2.40. The summed E-state index contributed by atoms with van der Waals surface area (Å²) >= 11 is 0. The van der Waals surface area contributed by atoms with Gasteiger partial charge in [-0.15, -0.1) is 12.4 Å². The molecular weight excluding hydrogens is 260 g/mol. The van der Waals surface area contributed by atoms with Crippen LogP contribution in [0, 0.1) is 5.92 Å². The van der Waals surface area contributed by atoms with E-state index in [1.165, 1.54) is 0 Å². The summed E-state index contributed by atoms with van der Waals surface area (Å²) in [4.78, 5) is 14.6. The standard InChI is InChI=1S/C15H22N2O.ClH/c1-3-17(4-2)14(18)15(10-13(15)11-16)12-8-6-5-7-9-12;/h5-9,13H,3-4,10-11,16H2,1-2H3;1H/t13?,15-;/m0./s1. The number of rotatable bonds is 5. The van der Waals surface area contributed by atoms with Crippen LogP contribution in [0.3, 0.4) is 0 Å². The maximum absolute atomic E-state index is 12.7. The predicted molar refractivity (Wildman–Crippen MR) is 80.5 cm³/mol. The van der Waals surface area contributed by atoms with Crippen molar-refractivity contribution in [2.24, 2.45) is 11.7 Å². The van der Waals surface area contributed by atoms with Crippen LogP contribution >= 0.6 is 12.4 Å². The number of carbonyl (C=O) groups is 1. The number of hydrogen-bond donors (Lipinski definition) is 1. The molecule has 2 rings (SSSR count). The van der Waals surface area contributed by atoms with Crippen molar-refractivity contribution >= 4 is 18.3 Å². The number of carbonyl (C=O) groups excluding carboxylic acids is 1. The summed E-state index contributed by atoms with van der Waals surface area (Å²) in [6.45, 7) is 6.17. The highest BCUT2D eigenvalue weighted by atomic mass is 35.5. The van der Waals surface area contributed by atoms with Crippen molar-refractivity contribution < 1.29 is 4.79 Å². The van der Waals surface area contributed by atoms with Gasteiger partial charge in [0.05, 0.1) is 5.41 Å². The van der Waals surface area contributed by atoms with Crippen molar-refractivity contribution in [3.8, 4) is 0 Å². The van der Waals surface area contributed by atoms with Gasteiger partial charge in [-0.1, -0.05) is 30.3 Å². The summed E-state index contributed by atoms with van der Waals surface area (Å²) in [6.07, 6.45) is 0.892. The van der Waals surface area contributed by atoms with Gasteiger partial charge in [0.25, 0.3) is 0 Å². The van der Waals surface area contributed by atoms with Gasteiger partial charge in [-0.2, -0.15) is 0 Å². The highest BCUT2D eigenvalue weighted by Crippen LogP contribution is 2.54. The molecule has 1 saturated carbocycles. The Hall–Kier alpha value is -1.06. The minimum absolute atomic E-state index is 0. The fourth-order valence-corrected chi connectivity index (χ4v) is 2.88.